The summed E-state index contributed by atoms with van der Waals surface area (Å²) >= 11 is 0. The molecule has 5 nitrogen and oxygen atoms in total. The van der Waals surface area contributed by atoms with Crippen LogP contribution < -0.4 is 10.1 Å². The predicted octanol–water partition coefficient (Wildman–Crippen LogP) is 2.25. The van der Waals surface area contributed by atoms with Gasteiger partial charge in [-0.05, 0) is 42.5 Å². The molecule has 0 radical (unpaired) electrons. The molecule has 0 amide bonds. The molecular formula is C14H17N3O2. The van der Waals surface area contributed by atoms with Crippen molar-refractivity contribution in [1.29, 1.82) is 0 Å². The lowest BCUT2D eigenvalue weighted by Gasteiger charge is -2.26. The second-order valence-corrected chi connectivity index (χ2v) is 4.74. The Morgan fingerprint density at radius 3 is 3.21 bits per heavy atom. The number of nitrogens with zero attached hydrogens (tertiary/aromatic N) is 2. The zero-order valence-corrected chi connectivity index (χ0v) is 10.9. The van der Waals surface area contributed by atoms with Gasteiger partial charge in [-0.2, -0.15) is 4.98 Å². The number of methoxy groups -OCH3 is 1. The third kappa shape index (κ3) is 2.61. The third-order valence-corrected chi connectivity index (χ3v) is 3.58. The maximum absolute atomic E-state index is 5.31. The van der Waals surface area contributed by atoms with Crippen LogP contribution in [0.25, 0.3) is 0 Å². The molecule has 3 rings (SSSR count). The van der Waals surface area contributed by atoms with Crippen molar-refractivity contribution in [2.24, 2.45) is 0 Å². The maximum Gasteiger partial charge on any atom is 0.213 e. The molecule has 1 unspecified atom stereocenters. The predicted molar refractivity (Wildman–Crippen MR) is 69.8 cm³/mol. The second-order valence-electron chi connectivity index (χ2n) is 4.74. The van der Waals surface area contributed by atoms with Crippen LogP contribution in [-0.4, -0.2) is 17.3 Å². The largest absolute Gasteiger partial charge is 0.497 e. The highest BCUT2D eigenvalue weighted by Gasteiger charge is 2.20. The lowest BCUT2D eigenvalue weighted by molar-refractivity contribution is 0.395. The van der Waals surface area contributed by atoms with Gasteiger partial charge >= 0.3 is 0 Å². The van der Waals surface area contributed by atoms with E-state index < -0.39 is 0 Å². The van der Waals surface area contributed by atoms with E-state index in [1.165, 1.54) is 23.9 Å². The van der Waals surface area contributed by atoms with Gasteiger partial charge in [0.05, 0.1) is 13.7 Å². The van der Waals surface area contributed by atoms with Crippen LogP contribution in [0.5, 0.6) is 5.75 Å². The minimum absolute atomic E-state index is 0.331. The molecular weight excluding hydrogens is 242 g/mol. The van der Waals surface area contributed by atoms with Gasteiger partial charge in [-0.1, -0.05) is 11.2 Å². The lowest BCUT2D eigenvalue weighted by Crippen LogP contribution is -2.25. The molecule has 100 valence electrons. The molecule has 1 aromatic heterocycles. The van der Waals surface area contributed by atoms with Crippen molar-refractivity contribution in [3.63, 3.8) is 0 Å². The normalized spacial score (nSPS) is 18.1. The molecule has 2 aromatic rings. The number of ether oxygens (including phenoxy) is 1. The zero-order valence-electron chi connectivity index (χ0n) is 10.9. The fourth-order valence-electron chi connectivity index (χ4n) is 2.60. The van der Waals surface area contributed by atoms with Gasteiger partial charge in [0.25, 0.3) is 0 Å². The Balaban J connectivity index is 1.77. The number of nitrogens with one attached hydrogen (secondary N) is 1. The van der Waals surface area contributed by atoms with E-state index in [4.69, 9.17) is 9.26 Å². The van der Waals surface area contributed by atoms with Crippen molar-refractivity contribution < 1.29 is 9.26 Å². The Labute approximate surface area is 112 Å². The molecule has 0 saturated heterocycles. The number of aryl methyl sites for hydroxylation is 1. The number of aromatic nitrogens is 2. The number of hydrogen-bond donors (Lipinski definition) is 1. The van der Waals surface area contributed by atoms with E-state index in [2.05, 4.69) is 27.6 Å². The molecule has 1 aliphatic carbocycles. The highest BCUT2D eigenvalue weighted by molar-refractivity contribution is 5.39. The minimum Gasteiger partial charge on any atom is -0.497 e. The fourth-order valence-corrected chi connectivity index (χ4v) is 2.60. The summed E-state index contributed by atoms with van der Waals surface area (Å²) in [6.45, 7) is 0.623. The van der Waals surface area contributed by atoms with Gasteiger partial charge in [-0.25, -0.2) is 0 Å². The number of rotatable bonds is 4. The van der Waals surface area contributed by atoms with Gasteiger partial charge in [0.2, 0.25) is 6.39 Å². The number of fused-ring (bicyclic) bond motifs is 1. The quantitative estimate of drug-likeness (QED) is 0.912. The minimum atomic E-state index is 0.331. The summed E-state index contributed by atoms with van der Waals surface area (Å²) < 4.78 is 10.1. The third-order valence-electron chi connectivity index (χ3n) is 3.58. The summed E-state index contributed by atoms with van der Waals surface area (Å²) in [5.41, 5.74) is 2.73. The Kier molecular flexibility index (Phi) is 3.46. The van der Waals surface area contributed by atoms with Crippen molar-refractivity contribution >= 4 is 0 Å². The van der Waals surface area contributed by atoms with E-state index in [9.17, 15) is 0 Å². The fraction of sp³-hybridized carbons (Fsp3) is 0.429. The molecule has 5 heteroatoms. The number of benzene rings is 1. The van der Waals surface area contributed by atoms with Crippen molar-refractivity contribution in [3.8, 4) is 5.75 Å². The van der Waals surface area contributed by atoms with Crippen LogP contribution in [0.3, 0.4) is 0 Å². The molecule has 0 spiro atoms. The summed E-state index contributed by atoms with van der Waals surface area (Å²) in [7, 11) is 1.70. The second kappa shape index (κ2) is 5.40. The van der Waals surface area contributed by atoms with E-state index in [1.807, 2.05) is 6.07 Å². The van der Waals surface area contributed by atoms with Gasteiger partial charge in [0, 0.05) is 6.04 Å². The molecule has 19 heavy (non-hydrogen) atoms. The van der Waals surface area contributed by atoms with Gasteiger partial charge in [-0.15, -0.1) is 0 Å². The van der Waals surface area contributed by atoms with Gasteiger partial charge < -0.3 is 14.6 Å². The van der Waals surface area contributed by atoms with E-state index in [0.717, 1.165) is 18.6 Å². The van der Waals surface area contributed by atoms with Crippen LogP contribution in [0.15, 0.2) is 29.1 Å². The maximum atomic E-state index is 5.31. The first kappa shape index (κ1) is 12.2. The van der Waals surface area contributed by atoms with Crippen LogP contribution >= 0.6 is 0 Å². The smallest absolute Gasteiger partial charge is 0.213 e. The lowest BCUT2D eigenvalue weighted by atomic mass is 9.87. The average Bonchev–Trinajstić information content (AvgIpc) is 2.97. The van der Waals surface area contributed by atoms with Crippen molar-refractivity contribution in [1.82, 2.24) is 15.5 Å². The van der Waals surface area contributed by atoms with Crippen LogP contribution in [0.1, 0.15) is 35.8 Å². The van der Waals surface area contributed by atoms with Crippen molar-refractivity contribution in [2.45, 2.75) is 31.8 Å². The molecule has 0 bridgehead atoms. The highest BCUT2D eigenvalue weighted by Crippen LogP contribution is 2.32. The molecule has 0 fully saturated rings. The molecule has 1 heterocycles. The molecule has 1 aromatic carbocycles. The molecule has 1 atom stereocenters. The summed E-state index contributed by atoms with van der Waals surface area (Å²) in [4.78, 5) is 4.03. The molecule has 1 aliphatic rings. The van der Waals surface area contributed by atoms with Gasteiger partial charge in [0.15, 0.2) is 5.82 Å². The molecule has 0 saturated carbocycles. The topological polar surface area (TPSA) is 60.2 Å². The average molecular weight is 259 g/mol. The molecule has 1 N–H and O–H groups in total. The van der Waals surface area contributed by atoms with Crippen LogP contribution in [0, 0.1) is 0 Å². The summed E-state index contributed by atoms with van der Waals surface area (Å²) in [5, 5.41) is 7.31. The van der Waals surface area contributed by atoms with Gasteiger partial charge in [0.1, 0.15) is 5.75 Å². The van der Waals surface area contributed by atoms with Crippen LogP contribution in [0.2, 0.25) is 0 Å². The van der Waals surface area contributed by atoms with E-state index in [-0.39, 0.29) is 0 Å². The Morgan fingerprint density at radius 1 is 1.47 bits per heavy atom. The van der Waals surface area contributed by atoms with Crippen LogP contribution in [-0.2, 0) is 13.0 Å². The Bertz CT molecular complexity index is 540. The van der Waals surface area contributed by atoms with Crippen LogP contribution in [0.4, 0.5) is 0 Å². The number of hydrogen-bond acceptors (Lipinski definition) is 5. The summed E-state index contributed by atoms with van der Waals surface area (Å²) in [6.07, 6.45) is 4.82. The monoisotopic (exact) mass is 259 g/mol. The standard InChI is InChI=1S/C14H17N3O2/c1-18-11-6-5-10-3-2-4-13(12(10)7-11)15-8-14-16-9-19-17-14/h5-7,9,13,15H,2-4,8H2,1H3. The van der Waals surface area contributed by atoms with Crippen molar-refractivity contribution in [3.05, 3.63) is 41.5 Å². The first-order valence-electron chi connectivity index (χ1n) is 6.52. The SMILES string of the molecule is COc1ccc2c(c1)C(NCc1ncon1)CCC2. The zero-order chi connectivity index (χ0) is 13.1. The highest BCUT2D eigenvalue weighted by atomic mass is 16.5. The van der Waals surface area contributed by atoms with Crippen molar-refractivity contribution in [2.75, 3.05) is 7.11 Å². The summed E-state index contributed by atoms with van der Waals surface area (Å²) in [6, 6.07) is 6.65. The van der Waals surface area contributed by atoms with E-state index >= 15 is 0 Å². The molecule has 0 aliphatic heterocycles. The Hall–Kier alpha value is -1.88. The first-order valence-corrected chi connectivity index (χ1v) is 6.52. The van der Waals surface area contributed by atoms with E-state index in [1.54, 1.807) is 7.11 Å². The van der Waals surface area contributed by atoms with E-state index in [0.29, 0.717) is 18.4 Å². The Morgan fingerprint density at radius 2 is 2.42 bits per heavy atom. The summed E-state index contributed by atoms with van der Waals surface area (Å²) in [5.74, 6) is 1.60. The first-order chi connectivity index (χ1) is 9.36. The van der Waals surface area contributed by atoms with Gasteiger partial charge in [-0.3, -0.25) is 0 Å².